The van der Waals surface area contributed by atoms with Crippen LogP contribution in [0.5, 0.6) is 5.75 Å². The summed E-state index contributed by atoms with van der Waals surface area (Å²) >= 11 is 4.17. The zero-order chi connectivity index (χ0) is 13.9. The Morgan fingerprint density at radius 3 is 2.58 bits per heavy atom. The molecule has 0 spiro atoms. The number of hydrogen-bond donors (Lipinski definition) is 1. The van der Waals surface area contributed by atoms with E-state index < -0.39 is 0 Å². The van der Waals surface area contributed by atoms with Crippen LogP contribution in [-0.4, -0.2) is 25.4 Å². The van der Waals surface area contributed by atoms with Crippen molar-refractivity contribution in [3.63, 3.8) is 0 Å². The molecule has 19 heavy (non-hydrogen) atoms. The number of esters is 1. The van der Waals surface area contributed by atoms with Gasteiger partial charge in [-0.15, -0.1) is 0 Å². The third-order valence-corrected chi connectivity index (χ3v) is 3.23. The van der Waals surface area contributed by atoms with E-state index in [2.05, 4.69) is 12.6 Å². The first-order valence-corrected chi connectivity index (χ1v) is 7.27. The van der Waals surface area contributed by atoms with E-state index in [9.17, 15) is 4.79 Å². The van der Waals surface area contributed by atoms with E-state index in [-0.39, 0.29) is 11.9 Å². The van der Waals surface area contributed by atoms with Crippen LogP contribution in [0.1, 0.15) is 25.7 Å². The Morgan fingerprint density at radius 1 is 1.21 bits per heavy atom. The second kappa shape index (κ2) is 9.73. The van der Waals surface area contributed by atoms with Crippen LogP contribution < -0.4 is 4.74 Å². The third-order valence-electron chi connectivity index (χ3n) is 2.97. The summed E-state index contributed by atoms with van der Waals surface area (Å²) in [5, 5.41) is 0. The summed E-state index contributed by atoms with van der Waals surface area (Å²) in [4.78, 5) is 11.5. The number of para-hydroxylation sites is 1. The molecule has 0 aliphatic rings. The molecule has 3 nitrogen and oxygen atoms in total. The maximum atomic E-state index is 11.5. The summed E-state index contributed by atoms with van der Waals surface area (Å²) in [6.45, 7) is 0.679. The highest BCUT2D eigenvalue weighted by Gasteiger charge is 2.17. The molecule has 106 valence electrons. The Morgan fingerprint density at radius 2 is 1.95 bits per heavy atom. The molecule has 4 heteroatoms. The predicted octanol–water partition coefficient (Wildman–Crippen LogP) is 3.34. The zero-order valence-electron chi connectivity index (χ0n) is 11.4. The van der Waals surface area contributed by atoms with E-state index in [1.807, 2.05) is 30.3 Å². The van der Waals surface area contributed by atoms with Crippen LogP contribution in [-0.2, 0) is 9.53 Å². The molecule has 0 amide bonds. The van der Waals surface area contributed by atoms with E-state index in [0.717, 1.165) is 31.4 Å². The van der Waals surface area contributed by atoms with Gasteiger partial charge in [0.05, 0.1) is 19.6 Å². The molecule has 0 saturated carbocycles. The standard InChI is InChI=1S/C15H22O3S/c1-17-15(16)13(10-12-19)7-5-6-11-18-14-8-3-2-4-9-14/h2-4,8-9,13,19H,5-7,10-12H2,1H3/t13-/m1/s1. The van der Waals surface area contributed by atoms with Crippen LogP contribution in [0, 0.1) is 5.92 Å². The van der Waals surface area contributed by atoms with Crippen molar-refractivity contribution in [2.45, 2.75) is 25.7 Å². The maximum absolute atomic E-state index is 11.5. The molecule has 1 rings (SSSR count). The summed E-state index contributed by atoms with van der Waals surface area (Å²) in [5.41, 5.74) is 0. The van der Waals surface area contributed by atoms with Crippen molar-refractivity contribution < 1.29 is 14.3 Å². The molecule has 0 N–H and O–H groups in total. The van der Waals surface area contributed by atoms with E-state index in [4.69, 9.17) is 9.47 Å². The first-order valence-electron chi connectivity index (χ1n) is 6.64. The van der Waals surface area contributed by atoms with Gasteiger partial charge in [0, 0.05) is 0 Å². The molecule has 0 heterocycles. The summed E-state index contributed by atoms with van der Waals surface area (Å²) in [6, 6.07) is 9.76. The SMILES string of the molecule is COC(=O)[C@@H](CCS)CCCCOc1ccccc1. The highest BCUT2D eigenvalue weighted by Crippen LogP contribution is 2.16. The van der Waals surface area contributed by atoms with Crippen molar-refractivity contribution >= 4 is 18.6 Å². The van der Waals surface area contributed by atoms with Gasteiger partial charge in [-0.2, -0.15) is 12.6 Å². The average molecular weight is 282 g/mol. The number of rotatable bonds is 9. The van der Waals surface area contributed by atoms with E-state index in [0.29, 0.717) is 12.4 Å². The van der Waals surface area contributed by atoms with Gasteiger partial charge in [-0.1, -0.05) is 18.2 Å². The van der Waals surface area contributed by atoms with Gasteiger partial charge in [0.15, 0.2) is 0 Å². The summed E-state index contributed by atoms with van der Waals surface area (Å²) < 4.78 is 10.4. The van der Waals surface area contributed by atoms with Gasteiger partial charge in [0.2, 0.25) is 0 Å². The van der Waals surface area contributed by atoms with E-state index in [1.54, 1.807) is 0 Å². The molecule has 1 aromatic carbocycles. The van der Waals surface area contributed by atoms with Crippen molar-refractivity contribution in [1.29, 1.82) is 0 Å². The molecule has 1 atom stereocenters. The van der Waals surface area contributed by atoms with Gasteiger partial charge in [0.1, 0.15) is 5.75 Å². The lowest BCUT2D eigenvalue weighted by molar-refractivity contribution is -0.145. The molecule has 0 radical (unpaired) electrons. The van der Waals surface area contributed by atoms with Gasteiger partial charge >= 0.3 is 5.97 Å². The van der Waals surface area contributed by atoms with E-state index in [1.165, 1.54) is 7.11 Å². The van der Waals surface area contributed by atoms with Gasteiger partial charge < -0.3 is 9.47 Å². The predicted molar refractivity (Wildman–Crippen MR) is 79.8 cm³/mol. The molecule has 0 aliphatic heterocycles. The van der Waals surface area contributed by atoms with Gasteiger partial charge in [-0.3, -0.25) is 4.79 Å². The second-order valence-corrected chi connectivity index (χ2v) is 4.84. The van der Waals surface area contributed by atoms with Crippen molar-refractivity contribution in [1.82, 2.24) is 0 Å². The largest absolute Gasteiger partial charge is 0.494 e. The second-order valence-electron chi connectivity index (χ2n) is 4.39. The number of carbonyl (C=O) groups is 1. The van der Waals surface area contributed by atoms with Crippen LogP contribution in [0.2, 0.25) is 0 Å². The molecular formula is C15H22O3S. The molecule has 0 saturated heterocycles. The Balaban J connectivity index is 2.16. The molecule has 0 aromatic heterocycles. The van der Waals surface area contributed by atoms with Crippen LogP contribution in [0.15, 0.2) is 30.3 Å². The van der Waals surface area contributed by atoms with Crippen LogP contribution in [0.4, 0.5) is 0 Å². The fourth-order valence-electron chi connectivity index (χ4n) is 1.90. The molecular weight excluding hydrogens is 260 g/mol. The summed E-state index contributed by atoms with van der Waals surface area (Å²) in [6.07, 6.45) is 3.51. The summed E-state index contributed by atoms with van der Waals surface area (Å²) in [7, 11) is 1.44. The number of methoxy groups -OCH3 is 1. The molecule has 0 unspecified atom stereocenters. The number of hydrogen-bond acceptors (Lipinski definition) is 4. The topological polar surface area (TPSA) is 35.5 Å². The average Bonchev–Trinajstić information content (AvgIpc) is 2.46. The number of thiol groups is 1. The van der Waals surface area contributed by atoms with Crippen molar-refractivity contribution in [2.24, 2.45) is 5.92 Å². The lowest BCUT2D eigenvalue weighted by atomic mass is 9.99. The van der Waals surface area contributed by atoms with E-state index >= 15 is 0 Å². The Bertz CT molecular complexity index is 354. The Labute approximate surface area is 120 Å². The lowest BCUT2D eigenvalue weighted by Gasteiger charge is -2.13. The van der Waals surface area contributed by atoms with Gasteiger partial charge in [-0.25, -0.2) is 0 Å². The quantitative estimate of drug-likeness (QED) is 0.428. The lowest BCUT2D eigenvalue weighted by Crippen LogP contribution is -2.17. The maximum Gasteiger partial charge on any atom is 0.308 e. The highest BCUT2D eigenvalue weighted by atomic mass is 32.1. The number of carbonyl (C=O) groups excluding carboxylic acids is 1. The fraction of sp³-hybridized carbons (Fsp3) is 0.533. The normalized spacial score (nSPS) is 11.9. The molecule has 0 fully saturated rings. The van der Waals surface area contributed by atoms with Gasteiger partial charge in [0.25, 0.3) is 0 Å². The number of benzene rings is 1. The van der Waals surface area contributed by atoms with Crippen molar-refractivity contribution in [2.75, 3.05) is 19.5 Å². The molecule has 0 aliphatic carbocycles. The van der Waals surface area contributed by atoms with Crippen molar-refractivity contribution in [3.8, 4) is 5.75 Å². The Kier molecular flexibility index (Phi) is 8.14. The smallest absolute Gasteiger partial charge is 0.308 e. The van der Waals surface area contributed by atoms with Crippen LogP contribution in [0.3, 0.4) is 0 Å². The minimum absolute atomic E-state index is 0.0285. The molecule has 1 aromatic rings. The monoisotopic (exact) mass is 282 g/mol. The minimum Gasteiger partial charge on any atom is -0.494 e. The van der Waals surface area contributed by atoms with Crippen LogP contribution in [0.25, 0.3) is 0 Å². The minimum atomic E-state index is -0.127. The first kappa shape index (κ1) is 15.9. The first-order chi connectivity index (χ1) is 9.27. The fourth-order valence-corrected chi connectivity index (χ4v) is 2.21. The third kappa shape index (κ3) is 6.53. The number of ether oxygens (including phenoxy) is 2. The number of unbranched alkanes of at least 4 members (excludes halogenated alkanes) is 1. The summed E-state index contributed by atoms with van der Waals surface area (Å²) in [5.74, 6) is 1.44. The van der Waals surface area contributed by atoms with Crippen LogP contribution >= 0.6 is 12.6 Å². The molecule has 0 bridgehead atoms. The van der Waals surface area contributed by atoms with Crippen molar-refractivity contribution in [3.05, 3.63) is 30.3 Å². The zero-order valence-corrected chi connectivity index (χ0v) is 12.3. The Hall–Kier alpha value is -1.16. The van der Waals surface area contributed by atoms with Gasteiger partial charge in [-0.05, 0) is 43.6 Å². The highest BCUT2D eigenvalue weighted by molar-refractivity contribution is 7.80.